The zero-order valence-electron chi connectivity index (χ0n) is 11.0. The van der Waals surface area contributed by atoms with E-state index in [1.165, 1.54) is 32.2 Å². The molecule has 0 aliphatic rings. The molecule has 1 amide bonds. The molecule has 0 heterocycles. The molecule has 0 aromatic rings. The summed E-state index contributed by atoms with van der Waals surface area (Å²) in [5.41, 5.74) is 4.85. The summed E-state index contributed by atoms with van der Waals surface area (Å²) in [6.45, 7) is 1.71. The fraction of sp³-hybridized carbons (Fsp3) is 0.917. The third-order valence-electron chi connectivity index (χ3n) is 2.47. The third kappa shape index (κ3) is 13.2. The van der Waals surface area contributed by atoms with Gasteiger partial charge in [0.25, 0.3) is 0 Å². The Hall–Kier alpha value is -0.770. The maximum absolute atomic E-state index is 10.3. The van der Waals surface area contributed by atoms with Crippen molar-refractivity contribution >= 4 is 6.09 Å². The first kappa shape index (κ1) is 15.2. The van der Waals surface area contributed by atoms with Gasteiger partial charge in [0.2, 0.25) is 0 Å². The molecule has 0 aliphatic carbocycles. The minimum Gasteiger partial charge on any atom is -0.450 e. The molecule has 0 aromatic heterocycles. The lowest BCUT2D eigenvalue weighted by atomic mass is 10.1. The first-order chi connectivity index (χ1) is 7.42. The Kier molecular flexibility index (Phi) is 7.99. The van der Waals surface area contributed by atoms with E-state index in [0.717, 1.165) is 17.3 Å². The third-order valence-corrected chi connectivity index (χ3v) is 2.47. The van der Waals surface area contributed by atoms with Crippen molar-refractivity contribution in [3.05, 3.63) is 0 Å². The predicted molar refractivity (Wildman–Crippen MR) is 66.1 cm³/mol. The van der Waals surface area contributed by atoms with Crippen molar-refractivity contribution in [2.45, 2.75) is 38.5 Å². The summed E-state index contributed by atoms with van der Waals surface area (Å²) in [5.74, 6) is 0. The Labute approximate surface area is 99.3 Å². The molecule has 16 heavy (non-hydrogen) atoms. The molecule has 0 aromatic carbocycles. The van der Waals surface area contributed by atoms with Crippen LogP contribution in [-0.4, -0.2) is 44.9 Å². The van der Waals surface area contributed by atoms with Crippen LogP contribution in [-0.2, 0) is 4.74 Å². The molecule has 0 saturated carbocycles. The van der Waals surface area contributed by atoms with Gasteiger partial charge in [0.1, 0.15) is 0 Å². The van der Waals surface area contributed by atoms with E-state index in [-0.39, 0.29) is 0 Å². The highest BCUT2D eigenvalue weighted by atomic mass is 16.5. The molecular formula is C12H27N2O2+. The molecule has 0 radical (unpaired) electrons. The van der Waals surface area contributed by atoms with E-state index in [0.29, 0.717) is 6.61 Å². The van der Waals surface area contributed by atoms with Crippen LogP contribution in [0.4, 0.5) is 4.79 Å². The van der Waals surface area contributed by atoms with Crippen molar-refractivity contribution in [1.29, 1.82) is 0 Å². The van der Waals surface area contributed by atoms with Crippen molar-refractivity contribution in [2.75, 3.05) is 34.3 Å². The fourth-order valence-corrected chi connectivity index (χ4v) is 1.57. The Morgan fingerprint density at radius 3 is 2.00 bits per heavy atom. The van der Waals surface area contributed by atoms with E-state index in [1.54, 1.807) is 0 Å². The van der Waals surface area contributed by atoms with E-state index in [2.05, 4.69) is 25.9 Å². The normalized spacial score (nSPS) is 11.4. The van der Waals surface area contributed by atoms with Gasteiger partial charge in [-0.05, 0) is 19.3 Å². The van der Waals surface area contributed by atoms with Crippen molar-refractivity contribution in [2.24, 2.45) is 5.73 Å². The Bertz CT molecular complexity index is 188. The number of nitrogens with zero attached hydrogens (tertiary/aromatic N) is 1. The summed E-state index contributed by atoms with van der Waals surface area (Å²) >= 11 is 0. The number of hydrogen-bond donors (Lipinski definition) is 1. The van der Waals surface area contributed by atoms with Crippen LogP contribution in [0, 0.1) is 0 Å². The molecule has 4 nitrogen and oxygen atoms in total. The Balaban J connectivity index is 3.07. The topological polar surface area (TPSA) is 52.3 Å². The zero-order chi connectivity index (χ0) is 12.4. The highest BCUT2D eigenvalue weighted by Gasteiger charge is 2.04. The number of ether oxygens (including phenoxy) is 1. The van der Waals surface area contributed by atoms with Crippen molar-refractivity contribution in [3.63, 3.8) is 0 Å². The van der Waals surface area contributed by atoms with Gasteiger partial charge >= 0.3 is 6.09 Å². The van der Waals surface area contributed by atoms with E-state index in [1.807, 2.05) is 0 Å². The molecule has 0 atom stereocenters. The van der Waals surface area contributed by atoms with Gasteiger partial charge in [-0.3, -0.25) is 0 Å². The van der Waals surface area contributed by atoms with Crippen LogP contribution >= 0.6 is 0 Å². The summed E-state index contributed by atoms with van der Waals surface area (Å²) in [6, 6.07) is 0. The van der Waals surface area contributed by atoms with Crippen LogP contribution in [0.2, 0.25) is 0 Å². The van der Waals surface area contributed by atoms with Gasteiger partial charge in [-0.1, -0.05) is 19.3 Å². The Morgan fingerprint density at radius 1 is 1.00 bits per heavy atom. The second-order valence-corrected chi connectivity index (χ2v) is 5.30. The van der Waals surface area contributed by atoms with Gasteiger partial charge in [0.15, 0.2) is 0 Å². The van der Waals surface area contributed by atoms with Crippen LogP contribution in [0.25, 0.3) is 0 Å². The number of unbranched alkanes of at least 4 members (excludes halogenated alkanes) is 5. The number of nitrogens with two attached hydrogens (primary N) is 1. The first-order valence-corrected chi connectivity index (χ1v) is 6.14. The van der Waals surface area contributed by atoms with Crippen LogP contribution in [0.3, 0.4) is 0 Å². The molecule has 0 unspecified atom stereocenters. The first-order valence-electron chi connectivity index (χ1n) is 6.14. The van der Waals surface area contributed by atoms with Crippen molar-refractivity contribution in [3.8, 4) is 0 Å². The maximum Gasteiger partial charge on any atom is 0.404 e. The number of amides is 1. The van der Waals surface area contributed by atoms with Gasteiger partial charge < -0.3 is 15.0 Å². The van der Waals surface area contributed by atoms with Gasteiger partial charge in [0, 0.05) is 0 Å². The largest absolute Gasteiger partial charge is 0.450 e. The highest BCUT2D eigenvalue weighted by molar-refractivity contribution is 5.64. The van der Waals surface area contributed by atoms with E-state index in [4.69, 9.17) is 5.73 Å². The monoisotopic (exact) mass is 231 g/mol. The average Bonchev–Trinajstić information content (AvgIpc) is 2.13. The smallest absolute Gasteiger partial charge is 0.404 e. The van der Waals surface area contributed by atoms with Crippen molar-refractivity contribution < 1.29 is 14.0 Å². The second kappa shape index (κ2) is 8.39. The summed E-state index contributed by atoms with van der Waals surface area (Å²) in [7, 11) is 6.67. The summed E-state index contributed by atoms with van der Waals surface area (Å²) in [5, 5.41) is 0. The van der Waals surface area contributed by atoms with Gasteiger partial charge in [-0.2, -0.15) is 0 Å². The van der Waals surface area contributed by atoms with E-state index >= 15 is 0 Å². The molecule has 0 bridgehead atoms. The number of quaternary nitrogens is 1. The van der Waals surface area contributed by atoms with Crippen LogP contribution < -0.4 is 5.73 Å². The molecule has 4 heteroatoms. The fourth-order valence-electron chi connectivity index (χ4n) is 1.57. The number of hydrogen-bond acceptors (Lipinski definition) is 2. The summed E-state index contributed by atoms with van der Waals surface area (Å²) in [4.78, 5) is 10.3. The molecule has 2 N–H and O–H groups in total. The summed E-state index contributed by atoms with van der Waals surface area (Å²) in [6.07, 6.45) is 6.47. The standard InChI is InChI=1S/C12H26N2O2/c1-14(2,3)10-8-6-4-5-7-9-11-16-12(13)15/h4-11H2,1-3H3,(H-,13,15)/p+1. The lowest BCUT2D eigenvalue weighted by Gasteiger charge is -2.23. The average molecular weight is 231 g/mol. The second-order valence-electron chi connectivity index (χ2n) is 5.30. The van der Waals surface area contributed by atoms with Gasteiger partial charge in [0.05, 0.1) is 34.3 Å². The number of primary amides is 1. The van der Waals surface area contributed by atoms with Gasteiger partial charge in [-0.25, -0.2) is 4.79 Å². The SMILES string of the molecule is C[N+](C)(C)CCCCCCCCOC(N)=O. The lowest BCUT2D eigenvalue weighted by molar-refractivity contribution is -0.870. The molecular weight excluding hydrogens is 204 g/mol. The number of carbonyl (C=O) groups excluding carboxylic acids is 1. The van der Waals surface area contributed by atoms with E-state index < -0.39 is 6.09 Å². The van der Waals surface area contributed by atoms with Crippen LogP contribution in [0.5, 0.6) is 0 Å². The van der Waals surface area contributed by atoms with Crippen molar-refractivity contribution in [1.82, 2.24) is 0 Å². The molecule has 96 valence electrons. The quantitative estimate of drug-likeness (QED) is 0.488. The Morgan fingerprint density at radius 2 is 1.50 bits per heavy atom. The molecule has 0 fully saturated rings. The number of carbonyl (C=O) groups is 1. The maximum atomic E-state index is 10.3. The van der Waals surface area contributed by atoms with Crippen LogP contribution in [0.1, 0.15) is 38.5 Å². The molecule has 0 rings (SSSR count). The zero-order valence-corrected chi connectivity index (χ0v) is 11.0. The molecule has 0 spiro atoms. The minimum absolute atomic E-state index is 0.466. The highest BCUT2D eigenvalue weighted by Crippen LogP contribution is 2.07. The molecule has 0 aliphatic heterocycles. The predicted octanol–water partition coefficient (Wildman–Crippen LogP) is 2.13. The molecule has 0 saturated heterocycles. The lowest BCUT2D eigenvalue weighted by Crippen LogP contribution is -2.35. The summed E-state index contributed by atoms with van der Waals surface area (Å²) < 4.78 is 5.70. The van der Waals surface area contributed by atoms with Gasteiger partial charge in [-0.15, -0.1) is 0 Å². The number of rotatable bonds is 9. The minimum atomic E-state index is -0.664. The van der Waals surface area contributed by atoms with Crippen LogP contribution in [0.15, 0.2) is 0 Å². The van der Waals surface area contributed by atoms with E-state index in [9.17, 15) is 4.79 Å².